The van der Waals surface area contributed by atoms with Gasteiger partial charge in [0.05, 0.1) is 11.7 Å². The summed E-state index contributed by atoms with van der Waals surface area (Å²) in [5.41, 5.74) is 5.78. The molecule has 2 heterocycles. The Kier molecular flexibility index (Phi) is 3.49. The number of sulfonamides is 1. The van der Waals surface area contributed by atoms with Crippen LogP contribution < -0.4 is 10.5 Å². The lowest BCUT2D eigenvalue weighted by atomic mass is 10.3. The molecule has 2 aromatic rings. The summed E-state index contributed by atoms with van der Waals surface area (Å²) in [6.07, 6.45) is 4.14. The van der Waals surface area contributed by atoms with E-state index in [0.717, 1.165) is 0 Å². The van der Waals surface area contributed by atoms with Gasteiger partial charge in [-0.05, 0) is 13.0 Å². The fourth-order valence-electron chi connectivity index (χ4n) is 1.65. The van der Waals surface area contributed by atoms with E-state index in [1.54, 1.807) is 18.5 Å². The van der Waals surface area contributed by atoms with E-state index < -0.39 is 16.1 Å². The second-order valence-corrected chi connectivity index (χ2v) is 5.74. The molecule has 0 aromatic carbocycles. The number of hydrogen-bond donors (Lipinski definition) is 2. The normalized spacial score (nSPS) is 13.4. The summed E-state index contributed by atoms with van der Waals surface area (Å²) >= 11 is 0. The molecule has 0 radical (unpaired) electrons. The van der Waals surface area contributed by atoms with Crippen LogP contribution in [-0.2, 0) is 17.1 Å². The van der Waals surface area contributed by atoms with E-state index in [0.29, 0.717) is 5.82 Å². The number of aryl methyl sites for hydroxylation is 1. The molecule has 102 valence electrons. The van der Waals surface area contributed by atoms with Gasteiger partial charge in [-0.25, -0.2) is 13.1 Å². The molecule has 19 heavy (non-hydrogen) atoms. The molecular weight excluding hydrogens is 268 g/mol. The number of nitrogen functional groups attached to an aromatic ring is 1. The van der Waals surface area contributed by atoms with Crippen molar-refractivity contribution in [1.29, 1.82) is 0 Å². The van der Waals surface area contributed by atoms with Crippen LogP contribution in [0.4, 0.5) is 5.69 Å². The standard InChI is InChI=1S/C10H14N6O2S/c1-7(10-14-13-6-16(10)2)15-19(17,18)9-5-12-4-3-8(9)11/h3-7,15H,1-2H3,(H2,11,12). The summed E-state index contributed by atoms with van der Waals surface area (Å²) in [5, 5.41) is 7.56. The smallest absolute Gasteiger partial charge is 0.244 e. The highest BCUT2D eigenvalue weighted by Crippen LogP contribution is 2.18. The number of pyridine rings is 1. The lowest BCUT2D eigenvalue weighted by Gasteiger charge is -2.14. The molecule has 0 spiro atoms. The van der Waals surface area contributed by atoms with Crippen LogP contribution in [0, 0.1) is 0 Å². The number of anilines is 1. The van der Waals surface area contributed by atoms with Crippen LogP contribution in [-0.4, -0.2) is 28.2 Å². The van der Waals surface area contributed by atoms with Crippen molar-refractivity contribution in [2.45, 2.75) is 17.9 Å². The van der Waals surface area contributed by atoms with E-state index in [-0.39, 0.29) is 10.6 Å². The molecule has 0 saturated carbocycles. The quantitative estimate of drug-likeness (QED) is 0.804. The Morgan fingerprint density at radius 1 is 1.47 bits per heavy atom. The Bertz CT molecular complexity index is 681. The molecule has 2 aromatic heterocycles. The summed E-state index contributed by atoms with van der Waals surface area (Å²) < 4.78 is 28.5. The van der Waals surface area contributed by atoms with Crippen molar-refractivity contribution in [1.82, 2.24) is 24.5 Å². The minimum Gasteiger partial charge on any atom is -0.398 e. The number of nitrogens with zero attached hydrogens (tertiary/aromatic N) is 4. The molecule has 0 aliphatic heterocycles. The van der Waals surface area contributed by atoms with Crippen LogP contribution >= 0.6 is 0 Å². The SMILES string of the molecule is CC(NS(=O)(=O)c1cnccc1N)c1nncn1C. The van der Waals surface area contributed by atoms with Gasteiger partial charge in [0, 0.05) is 19.4 Å². The molecule has 0 aliphatic rings. The first-order chi connectivity index (χ1) is 8.92. The maximum atomic E-state index is 12.2. The van der Waals surface area contributed by atoms with Gasteiger partial charge in [0.15, 0.2) is 0 Å². The Hall–Kier alpha value is -2.00. The van der Waals surface area contributed by atoms with E-state index in [9.17, 15) is 8.42 Å². The predicted octanol–water partition coefficient (Wildman–Crippen LogP) is -0.168. The lowest BCUT2D eigenvalue weighted by Crippen LogP contribution is -2.29. The van der Waals surface area contributed by atoms with E-state index in [1.165, 1.54) is 24.8 Å². The number of rotatable bonds is 4. The molecule has 2 rings (SSSR count). The van der Waals surface area contributed by atoms with E-state index in [1.807, 2.05) is 0 Å². The Morgan fingerprint density at radius 3 is 2.79 bits per heavy atom. The third-order valence-electron chi connectivity index (χ3n) is 2.57. The van der Waals surface area contributed by atoms with Gasteiger partial charge in [0.2, 0.25) is 10.0 Å². The molecule has 9 heteroatoms. The maximum absolute atomic E-state index is 12.2. The van der Waals surface area contributed by atoms with Crippen LogP contribution in [0.2, 0.25) is 0 Å². The van der Waals surface area contributed by atoms with Crippen molar-refractivity contribution in [3.8, 4) is 0 Å². The van der Waals surface area contributed by atoms with E-state index in [2.05, 4.69) is 19.9 Å². The van der Waals surface area contributed by atoms with Gasteiger partial charge in [0.25, 0.3) is 0 Å². The first-order valence-corrected chi connectivity index (χ1v) is 6.96. The molecule has 8 nitrogen and oxygen atoms in total. The summed E-state index contributed by atoms with van der Waals surface area (Å²) in [7, 11) is -2.02. The number of nitrogens with one attached hydrogen (secondary N) is 1. The van der Waals surface area contributed by atoms with Crippen LogP contribution in [0.1, 0.15) is 18.8 Å². The molecular formula is C10H14N6O2S. The monoisotopic (exact) mass is 282 g/mol. The van der Waals surface area contributed by atoms with Gasteiger partial charge >= 0.3 is 0 Å². The average Bonchev–Trinajstić information content (AvgIpc) is 2.75. The summed E-state index contributed by atoms with van der Waals surface area (Å²) in [6, 6.07) is 0.902. The van der Waals surface area contributed by atoms with Gasteiger partial charge in [-0.3, -0.25) is 4.98 Å². The highest BCUT2D eigenvalue weighted by molar-refractivity contribution is 7.89. The van der Waals surface area contributed by atoms with E-state index >= 15 is 0 Å². The Balaban J connectivity index is 2.28. The van der Waals surface area contributed by atoms with Crippen LogP contribution in [0.3, 0.4) is 0 Å². The van der Waals surface area contributed by atoms with Crippen molar-refractivity contribution < 1.29 is 8.42 Å². The first-order valence-electron chi connectivity index (χ1n) is 5.47. The second-order valence-electron chi connectivity index (χ2n) is 4.06. The summed E-state index contributed by atoms with van der Waals surface area (Å²) in [5.74, 6) is 0.506. The second kappa shape index (κ2) is 4.94. The Labute approximate surface area is 110 Å². The maximum Gasteiger partial charge on any atom is 0.244 e. The van der Waals surface area contributed by atoms with Crippen molar-refractivity contribution in [3.63, 3.8) is 0 Å². The van der Waals surface area contributed by atoms with Crippen LogP contribution in [0.15, 0.2) is 29.7 Å². The molecule has 0 amide bonds. The minimum atomic E-state index is -3.75. The first kappa shape index (κ1) is 13.4. The summed E-state index contributed by atoms with van der Waals surface area (Å²) in [4.78, 5) is 3.72. The van der Waals surface area contributed by atoms with Crippen molar-refractivity contribution in [3.05, 3.63) is 30.6 Å². The van der Waals surface area contributed by atoms with Crippen molar-refractivity contribution >= 4 is 15.7 Å². The van der Waals surface area contributed by atoms with Crippen molar-refractivity contribution in [2.75, 3.05) is 5.73 Å². The average molecular weight is 282 g/mol. The summed E-state index contributed by atoms with van der Waals surface area (Å²) in [6.45, 7) is 1.67. The third-order valence-corrected chi connectivity index (χ3v) is 4.16. The Morgan fingerprint density at radius 2 is 2.21 bits per heavy atom. The zero-order valence-corrected chi connectivity index (χ0v) is 11.3. The number of hydrogen-bond acceptors (Lipinski definition) is 6. The fourth-order valence-corrected chi connectivity index (χ4v) is 2.92. The van der Waals surface area contributed by atoms with Gasteiger partial charge in [-0.15, -0.1) is 10.2 Å². The molecule has 1 atom stereocenters. The molecule has 1 unspecified atom stereocenters. The highest BCUT2D eigenvalue weighted by Gasteiger charge is 2.23. The highest BCUT2D eigenvalue weighted by atomic mass is 32.2. The molecule has 3 N–H and O–H groups in total. The predicted molar refractivity (Wildman–Crippen MR) is 68.4 cm³/mol. The zero-order chi connectivity index (χ0) is 14.0. The van der Waals surface area contributed by atoms with Gasteiger partial charge in [-0.2, -0.15) is 0 Å². The number of aromatic nitrogens is 4. The fraction of sp³-hybridized carbons (Fsp3) is 0.300. The molecule has 0 bridgehead atoms. The number of nitrogens with two attached hydrogens (primary N) is 1. The van der Waals surface area contributed by atoms with Crippen LogP contribution in [0.25, 0.3) is 0 Å². The van der Waals surface area contributed by atoms with Crippen LogP contribution in [0.5, 0.6) is 0 Å². The van der Waals surface area contributed by atoms with E-state index in [4.69, 9.17) is 5.73 Å². The molecule has 0 saturated heterocycles. The van der Waals surface area contributed by atoms with Crippen molar-refractivity contribution in [2.24, 2.45) is 7.05 Å². The minimum absolute atomic E-state index is 0.0518. The van der Waals surface area contributed by atoms with Gasteiger partial charge in [-0.1, -0.05) is 0 Å². The largest absolute Gasteiger partial charge is 0.398 e. The zero-order valence-electron chi connectivity index (χ0n) is 10.5. The van der Waals surface area contributed by atoms with Gasteiger partial charge < -0.3 is 10.3 Å². The molecule has 0 fully saturated rings. The third kappa shape index (κ3) is 2.71. The topological polar surface area (TPSA) is 116 Å². The lowest BCUT2D eigenvalue weighted by molar-refractivity contribution is 0.553. The van der Waals surface area contributed by atoms with Gasteiger partial charge in [0.1, 0.15) is 17.0 Å². The molecule has 0 aliphatic carbocycles.